The minimum atomic E-state index is -0.458. The van der Waals surface area contributed by atoms with Crippen molar-refractivity contribution in [3.8, 4) is 0 Å². The zero-order valence-electron chi connectivity index (χ0n) is 9.11. The van der Waals surface area contributed by atoms with Crippen LogP contribution in [0.1, 0.15) is 33.1 Å². The van der Waals surface area contributed by atoms with Crippen molar-refractivity contribution in [3.63, 3.8) is 0 Å². The van der Waals surface area contributed by atoms with Crippen LogP contribution in [-0.4, -0.2) is 20.0 Å². The van der Waals surface area contributed by atoms with Gasteiger partial charge < -0.3 is 0 Å². The van der Waals surface area contributed by atoms with Gasteiger partial charge >= 0.3 is 0 Å². The predicted octanol–water partition coefficient (Wildman–Crippen LogP) is 3.95. The third kappa shape index (κ3) is 5.51. The normalized spacial score (nSPS) is 17.8. The molecule has 0 aliphatic heterocycles. The molecule has 3 atom stereocenters. The average Bonchev–Trinajstić information content (AvgIpc) is 2.23. The van der Waals surface area contributed by atoms with Gasteiger partial charge in [0.25, 0.3) is 0 Å². The Morgan fingerprint density at radius 1 is 0.857 bits per heavy atom. The molecule has 0 heterocycles. The van der Waals surface area contributed by atoms with Gasteiger partial charge in [0.1, 0.15) is 0 Å². The largest absolute Gasteiger partial charge is 0.251 e. The third-order valence-corrected chi connectivity index (χ3v) is 2.68. The molecule has 0 saturated heterocycles. The lowest BCUT2D eigenvalue weighted by Crippen LogP contribution is -2.15. The van der Waals surface area contributed by atoms with Gasteiger partial charge in [0.15, 0.2) is 0 Å². The van der Waals surface area contributed by atoms with Gasteiger partial charge in [-0.05, 0) is 30.6 Å². The maximum absolute atomic E-state index is 12.5. The van der Waals surface area contributed by atoms with E-state index in [1.54, 1.807) is 6.92 Å². The van der Waals surface area contributed by atoms with Crippen LogP contribution >= 0.6 is 0 Å². The summed E-state index contributed by atoms with van der Waals surface area (Å²) in [7, 11) is 0. The Morgan fingerprint density at radius 2 is 1.43 bits per heavy atom. The molecule has 0 aliphatic carbocycles. The first-order valence-electron chi connectivity index (χ1n) is 5.35. The second-order valence-corrected chi connectivity index (χ2v) is 4.18. The fourth-order valence-corrected chi connectivity index (χ4v) is 1.66. The second-order valence-electron chi connectivity index (χ2n) is 4.18. The van der Waals surface area contributed by atoms with E-state index < -0.39 is 20.0 Å². The second kappa shape index (κ2) is 8.13. The fourth-order valence-electron chi connectivity index (χ4n) is 1.66. The van der Waals surface area contributed by atoms with E-state index in [1.807, 2.05) is 6.92 Å². The maximum Gasteiger partial charge on any atom is 0.0922 e. The lowest BCUT2D eigenvalue weighted by molar-refractivity contribution is 0.213. The van der Waals surface area contributed by atoms with Gasteiger partial charge in [0.2, 0.25) is 0 Å². The van der Waals surface area contributed by atoms with E-state index >= 15 is 0 Å². The first kappa shape index (κ1) is 13.8. The zero-order chi connectivity index (χ0) is 11.0. The number of hydrogen-bond donors (Lipinski definition) is 0. The monoisotopic (exact) mass is 210 g/mol. The Bertz CT molecular complexity index is 124. The summed E-state index contributed by atoms with van der Waals surface area (Å²) in [5.74, 6) is -0.322. The highest BCUT2D eigenvalue weighted by molar-refractivity contribution is 4.67. The van der Waals surface area contributed by atoms with E-state index in [0.717, 1.165) is 6.42 Å². The Balaban J connectivity index is 3.88. The topological polar surface area (TPSA) is 0 Å². The van der Waals surface area contributed by atoms with Gasteiger partial charge in [-0.1, -0.05) is 20.3 Å². The van der Waals surface area contributed by atoms with Crippen molar-refractivity contribution in [2.75, 3.05) is 20.0 Å². The molecule has 0 aromatic carbocycles. The molecule has 0 rings (SSSR count). The van der Waals surface area contributed by atoms with Crippen molar-refractivity contribution in [2.45, 2.75) is 33.1 Å². The van der Waals surface area contributed by atoms with Crippen molar-refractivity contribution >= 4 is 0 Å². The molecule has 3 unspecified atom stereocenters. The minimum Gasteiger partial charge on any atom is -0.251 e. The van der Waals surface area contributed by atoms with Crippen LogP contribution in [-0.2, 0) is 0 Å². The van der Waals surface area contributed by atoms with Gasteiger partial charge in [0.05, 0.1) is 20.0 Å². The lowest BCUT2D eigenvalue weighted by Gasteiger charge is -2.20. The predicted molar refractivity (Wildman–Crippen MR) is 53.6 cm³/mol. The summed E-state index contributed by atoms with van der Waals surface area (Å²) in [5.41, 5.74) is 0. The van der Waals surface area contributed by atoms with E-state index in [2.05, 4.69) is 0 Å². The van der Waals surface area contributed by atoms with Crippen molar-refractivity contribution in [1.29, 1.82) is 0 Å². The van der Waals surface area contributed by atoms with Crippen LogP contribution in [0.5, 0.6) is 0 Å². The van der Waals surface area contributed by atoms with Crippen LogP contribution in [0.15, 0.2) is 0 Å². The molecule has 0 spiro atoms. The first-order chi connectivity index (χ1) is 6.67. The number of rotatable bonds is 8. The number of halogens is 3. The van der Waals surface area contributed by atoms with Crippen LogP contribution in [0.25, 0.3) is 0 Å². The fraction of sp³-hybridized carbons (Fsp3) is 1.00. The molecule has 0 aromatic heterocycles. The van der Waals surface area contributed by atoms with Crippen LogP contribution in [0.2, 0.25) is 0 Å². The standard InChI is InChI=1S/C11H21F3/c1-3-10(7-13)5-11(8-14)4-9(2)6-12/h9-11H,3-8H2,1-2H3. The van der Waals surface area contributed by atoms with Crippen molar-refractivity contribution in [3.05, 3.63) is 0 Å². The summed E-state index contributed by atoms with van der Waals surface area (Å²) in [6.45, 7) is 2.40. The molecule has 0 amide bonds. The van der Waals surface area contributed by atoms with Crippen LogP contribution < -0.4 is 0 Å². The highest BCUT2D eigenvalue weighted by atomic mass is 19.1. The van der Waals surface area contributed by atoms with Crippen molar-refractivity contribution in [1.82, 2.24) is 0 Å². The molecule has 0 aliphatic rings. The molecule has 0 nitrogen and oxygen atoms in total. The van der Waals surface area contributed by atoms with E-state index in [1.165, 1.54) is 0 Å². The summed E-state index contributed by atoms with van der Waals surface area (Å²) in [6, 6.07) is 0. The Labute approximate surface area is 84.9 Å². The van der Waals surface area contributed by atoms with Crippen LogP contribution in [0.3, 0.4) is 0 Å². The number of alkyl halides is 3. The SMILES string of the molecule is CCC(CF)CC(CF)CC(C)CF. The van der Waals surface area contributed by atoms with Gasteiger partial charge in [-0.3, -0.25) is 13.2 Å². The summed E-state index contributed by atoms with van der Waals surface area (Å²) >= 11 is 0. The number of hydrogen-bond acceptors (Lipinski definition) is 0. The summed E-state index contributed by atoms with van der Waals surface area (Å²) in [4.78, 5) is 0. The quantitative estimate of drug-likeness (QED) is 0.569. The highest BCUT2D eigenvalue weighted by Crippen LogP contribution is 2.23. The minimum absolute atomic E-state index is 0.0532. The zero-order valence-corrected chi connectivity index (χ0v) is 9.11. The lowest BCUT2D eigenvalue weighted by atomic mass is 9.88. The van der Waals surface area contributed by atoms with E-state index in [-0.39, 0.29) is 17.8 Å². The van der Waals surface area contributed by atoms with Crippen LogP contribution in [0, 0.1) is 17.8 Å². The Morgan fingerprint density at radius 3 is 1.79 bits per heavy atom. The summed E-state index contributed by atoms with van der Waals surface area (Å²) in [6.07, 6.45) is 1.81. The van der Waals surface area contributed by atoms with Crippen molar-refractivity contribution in [2.24, 2.45) is 17.8 Å². The first-order valence-corrected chi connectivity index (χ1v) is 5.35. The summed E-state index contributed by atoms with van der Waals surface area (Å²) < 4.78 is 37.1. The Kier molecular flexibility index (Phi) is 8.01. The third-order valence-electron chi connectivity index (χ3n) is 2.68. The average molecular weight is 210 g/mol. The van der Waals surface area contributed by atoms with Gasteiger partial charge in [-0.25, -0.2) is 0 Å². The van der Waals surface area contributed by atoms with Crippen LogP contribution in [0.4, 0.5) is 13.2 Å². The molecule has 0 radical (unpaired) electrons. The molecule has 0 bridgehead atoms. The molecule has 14 heavy (non-hydrogen) atoms. The summed E-state index contributed by atoms with van der Waals surface area (Å²) in [5, 5.41) is 0. The smallest absolute Gasteiger partial charge is 0.0922 e. The van der Waals surface area contributed by atoms with Gasteiger partial charge in [0, 0.05) is 0 Å². The molecule has 3 heteroatoms. The van der Waals surface area contributed by atoms with Gasteiger partial charge in [-0.2, -0.15) is 0 Å². The molecular formula is C11H21F3. The molecular weight excluding hydrogens is 189 g/mol. The highest BCUT2D eigenvalue weighted by Gasteiger charge is 2.17. The Hall–Kier alpha value is -0.210. The molecule has 0 aromatic rings. The molecule has 0 saturated carbocycles. The van der Waals surface area contributed by atoms with Crippen molar-refractivity contribution < 1.29 is 13.2 Å². The van der Waals surface area contributed by atoms with E-state index in [0.29, 0.717) is 12.8 Å². The van der Waals surface area contributed by atoms with Gasteiger partial charge in [-0.15, -0.1) is 0 Å². The maximum atomic E-state index is 12.5. The molecule has 0 N–H and O–H groups in total. The molecule has 0 fully saturated rings. The van der Waals surface area contributed by atoms with E-state index in [9.17, 15) is 13.2 Å². The molecule has 86 valence electrons. The van der Waals surface area contributed by atoms with E-state index in [4.69, 9.17) is 0 Å².